The third kappa shape index (κ3) is 5.34. The molecular weight excluding hydrogens is 216 g/mol. The van der Waals surface area contributed by atoms with Gasteiger partial charge in [0.1, 0.15) is 0 Å². The van der Waals surface area contributed by atoms with Crippen molar-refractivity contribution in [2.75, 3.05) is 33.9 Å². The first-order valence-electron chi connectivity index (χ1n) is 6.59. The second-order valence-electron chi connectivity index (χ2n) is 5.67. The Morgan fingerprint density at radius 3 is 2.82 bits per heavy atom. The summed E-state index contributed by atoms with van der Waals surface area (Å²) in [6.07, 6.45) is 3.01. The molecule has 0 bridgehead atoms. The van der Waals surface area contributed by atoms with Crippen LogP contribution >= 0.6 is 0 Å². The molecule has 0 saturated carbocycles. The molecule has 1 heterocycles. The molecule has 3 unspecified atom stereocenters. The second-order valence-corrected chi connectivity index (χ2v) is 5.67. The predicted octanol–water partition coefficient (Wildman–Crippen LogP) is 0.846. The minimum Gasteiger partial charge on any atom is -0.389 e. The number of hydrogen-bond acceptors (Lipinski definition) is 4. The number of methoxy groups -OCH3 is 1. The first kappa shape index (κ1) is 14.9. The van der Waals surface area contributed by atoms with Crippen LogP contribution in [-0.2, 0) is 4.74 Å². The molecule has 0 radical (unpaired) electrons. The zero-order valence-corrected chi connectivity index (χ0v) is 11.7. The number of nitrogens with zero attached hydrogens (tertiary/aromatic N) is 1. The summed E-state index contributed by atoms with van der Waals surface area (Å²) >= 11 is 0. The highest BCUT2D eigenvalue weighted by atomic mass is 16.5. The summed E-state index contributed by atoms with van der Waals surface area (Å²) in [5.41, 5.74) is -0.664. The SMILES string of the molecule is COCCC(C)(O)CNC1CCN(C)C(C)C1. The number of aliphatic hydroxyl groups is 1. The Kier molecular flexibility index (Phi) is 5.86. The Balaban J connectivity index is 2.26. The van der Waals surface area contributed by atoms with Crippen molar-refractivity contribution < 1.29 is 9.84 Å². The van der Waals surface area contributed by atoms with Gasteiger partial charge in [0.05, 0.1) is 5.60 Å². The first-order chi connectivity index (χ1) is 7.94. The van der Waals surface area contributed by atoms with Gasteiger partial charge in [-0.05, 0) is 40.3 Å². The second kappa shape index (κ2) is 6.69. The molecule has 102 valence electrons. The topological polar surface area (TPSA) is 44.7 Å². The molecule has 2 N–H and O–H groups in total. The van der Waals surface area contributed by atoms with Crippen molar-refractivity contribution in [2.24, 2.45) is 0 Å². The van der Waals surface area contributed by atoms with Crippen LogP contribution in [0.3, 0.4) is 0 Å². The lowest BCUT2D eigenvalue weighted by Crippen LogP contribution is -2.49. The van der Waals surface area contributed by atoms with Gasteiger partial charge < -0.3 is 20.1 Å². The summed E-state index contributed by atoms with van der Waals surface area (Å²) in [5, 5.41) is 13.6. The lowest BCUT2D eigenvalue weighted by molar-refractivity contribution is 0.0197. The van der Waals surface area contributed by atoms with Crippen LogP contribution in [0.25, 0.3) is 0 Å². The normalized spacial score (nSPS) is 30.2. The van der Waals surface area contributed by atoms with Gasteiger partial charge in [0.15, 0.2) is 0 Å². The van der Waals surface area contributed by atoms with Gasteiger partial charge in [0.2, 0.25) is 0 Å². The Labute approximate surface area is 105 Å². The molecular formula is C13H28N2O2. The van der Waals surface area contributed by atoms with E-state index < -0.39 is 5.60 Å². The Bertz CT molecular complexity index is 221. The first-order valence-corrected chi connectivity index (χ1v) is 6.59. The summed E-state index contributed by atoms with van der Waals surface area (Å²) in [4.78, 5) is 2.39. The quantitative estimate of drug-likeness (QED) is 0.727. The summed E-state index contributed by atoms with van der Waals surface area (Å²) in [6, 6.07) is 1.17. The average molecular weight is 244 g/mol. The van der Waals surface area contributed by atoms with Gasteiger partial charge in [0, 0.05) is 38.8 Å². The number of piperidine rings is 1. The van der Waals surface area contributed by atoms with E-state index in [-0.39, 0.29) is 0 Å². The number of rotatable bonds is 6. The van der Waals surface area contributed by atoms with Gasteiger partial charge in [-0.1, -0.05) is 0 Å². The van der Waals surface area contributed by atoms with Crippen LogP contribution in [0.15, 0.2) is 0 Å². The molecule has 0 aromatic carbocycles. The molecule has 3 atom stereocenters. The lowest BCUT2D eigenvalue weighted by atomic mass is 9.97. The smallest absolute Gasteiger partial charge is 0.0765 e. The standard InChI is InChI=1S/C13H28N2O2/c1-11-9-12(5-7-15(11)3)14-10-13(2,16)6-8-17-4/h11-12,14,16H,5-10H2,1-4H3. The minimum atomic E-state index is -0.664. The van der Waals surface area contributed by atoms with E-state index in [0.717, 1.165) is 13.0 Å². The van der Waals surface area contributed by atoms with Crippen molar-refractivity contribution in [1.29, 1.82) is 0 Å². The highest BCUT2D eigenvalue weighted by Gasteiger charge is 2.25. The molecule has 0 aliphatic carbocycles. The number of hydrogen-bond donors (Lipinski definition) is 2. The van der Waals surface area contributed by atoms with E-state index in [1.807, 2.05) is 6.92 Å². The summed E-state index contributed by atoms with van der Waals surface area (Å²) < 4.78 is 5.01. The van der Waals surface area contributed by atoms with E-state index in [0.29, 0.717) is 31.7 Å². The fourth-order valence-corrected chi connectivity index (χ4v) is 2.25. The van der Waals surface area contributed by atoms with Crippen molar-refractivity contribution in [3.8, 4) is 0 Å². The van der Waals surface area contributed by atoms with Crippen LogP contribution in [0.1, 0.15) is 33.1 Å². The van der Waals surface area contributed by atoms with Gasteiger partial charge in [-0.25, -0.2) is 0 Å². The molecule has 1 aliphatic rings. The van der Waals surface area contributed by atoms with Gasteiger partial charge in [-0.15, -0.1) is 0 Å². The minimum absolute atomic E-state index is 0.537. The number of likely N-dealkylation sites (tertiary alicyclic amines) is 1. The third-order valence-corrected chi connectivity index (χ3v) is 3.82. The van der Waals surface area contributed by atoms with Gasteiger partial charge >= 0.3 is 0 Å². The lowest BCUT2D eigenvalue weighted by Gasteiger charge is -2.36. The fraction of sp³-hybridized carbons (Fsp3) is 1.00. The maximum Gasteiger partial charge on any atom is 0.0765 e. The van der Waals surface area contributed by atoms with E-state index in [9.17, 15) is 5.11 Å². The van der Waals surface area contributed by atoms with E-state index in [4.69, 9.17) is 4.74 Å². The van der Waals surface area contributed by atoms with Gasteiger partial charge in [0.25, 0.3) is 0 Å². The maximum absolute atomic E-state index is 10.1. The molecule has 0 spiro atoms. The van der Waals surface area contributed by atoms with Crippen molar-refractivity contribution in [3.63, 3.8) is 0 Å². The number of nitrogens with one attached hydrogen (secondary N) is 1. The van der Waals surface area contributed by atoms with Gasteiger partial charge in [-0.3, -0.25) is 0 Å². The molecule has 1 fully saturated rings. The molecule has 1 saturated heterocycles. The van der Waals surface area contributed by atoms with E-state index >= 15 is 0 Å². The van der Waals surface area contributed by atoms with Crippen molar-refractivity contribution >= 4 is 0 Å². The fourth-order valence-electron chi connectivity index (χ4n) is 2.25. The molecule has 0 amide bonds. The van der Waals surface area contributed by atoms with Crippen LogP contribution in [0, 0.1) is 0 Å². The zero-order valence-electron chi connectivity index (χ0n) is 11.7. The summed E-state index contributed by atoms with van der Waals surface area (Å²) in [5.74, 6) is 0. The Morgan fingerprint density at radius 2 is 2.24 bits per heavy atom. The largest absolute Gasteiger partial charge is 0.389 e. The van der Waals surface area contributed by atoms with E-state index in [2.05, 4.69) is 24.2 Å². The molecule has 1 rings (SSSR count). The molecule has 17 heavy (non-hydrogen) atoms. The molecule has 0 aromatic rings. The molecule has 4 heteroatoms. The monoisotopic (exact) mass is 244 g/mol. The van der Waals surface area contributed by atoms with Crippen LogP contribution in [0.2, 0.25) is 0 Å². The van der Waals surface area contributed by atoms with Gasteiger partial charge in [-0.2, -0.15) is 0 Å². The van der Waals surface area contributed by atoms with Crippen molar-refractivity contribution in [1.82, 2.24) is 10.2 Å². The van der Waals surface area contributed by atoms with Crippen LogP contribution in [0.5, 0.6) is 0 Å². The Hall–Kier alpha value is -0.160. The zero-order chi connectivity index (χ0) is 12.9. The summed E-state index contributed by atoms with van der Waals surface area (Å²) in [7, 11) is 3.85. The van der Waals surface area contributed by atoms with Crippen molar-refractivity contribution in [2.45, 2.75) is 50.8 Å². The number of ether oxygens (including phenoxy) is 1. The van der Waals surface area contributed by atoms with Crippen molar-refractivity contribution in [3.05, 3.63) is 0 Å². The predicted molar refractivity (Wildman–Crippen MR) is 70.2 cm³/mol. The van der Waals surface area contributed by atoms with Crippen LogP contribution < -0.4 is 5.32 Å². The summed E-state index contributed by atoms with van der Waals surface area (Å²) in [6.45, 7) is 6.53. The highest BCUT2D eigenvalue weighted by Crippen LogP contribution is 2.16. The maximum atomic E-state index is 10.1. The molecule has 4 nitrogen and oxygen atoms in total. The molecule has 0 aromatic heterocycles. The van der Waals surface area contributed by atoms with Crippen LogP contribution in [0.4, 0.5) is 0 Å². The average Bonchev–Trinajstić information content (AvgIpc) is 2.28. The Morgan fingerprint density at radius 1 is 1.53 bits per heavy atom. The molecule has 1 aliphatic heterocycles. The third-order valence-electron chi connectivity index (χ3n) is 3.82. The van der Waals surface area contributed by atoms with E-state index in [1.54, 1.807) is 7.11 Å². The highest BCUT2D eigenvalue weighted by molar-refractivity contribution is 4.84. The van der Waals surface area contributed by atoms with E-state index in [1.165, 1.54) is 6.42 Å². The van der Waals surface area contributed by atoms with Crippen LogP contribution in [-0.4, -0.2) is 61.5 Å².